The monoisotopic (exact) mass is 305 g/mol. The molecule has 0 aromatic heterocycles. The van der Waals surface area contributed by atoms with Crippen molar-refractivity contribution in [2.75, 3.05) is 14.2 Å². The van der Waals surface area contributed by atoms with Gasteiger partial charge in [-0.2, -0.15) is 0 Å². The standard InChI is InChI=1S/C18H27NO3/c1-13-7-4-5-9-15(13)19-17(20)12-11-14-8-6-10-16(21-2)18(14)22-3/h6,8,10,13,15H,4-5,7,9,11-12H2,1-3H3,(H,19,20). The van der Waals surface area contributed by atoms with E-state index in [0.717, 1.165) is 17.7 Å². The third kappa shape index (κ3) is 4.15. The Balaban J connectivity index is 1.91. The molecular weight excluding hydrogens is 278 g/mol. The molecule has 1 fully saturated rings. The van der Waals surface area contributed by atoms with Crippen LogP contribution in [-0.2, 0) is 11.2 Å². The van der Waals surface area contributed by atoms with E-state index in [1.165, 1.54) is 19.3 Å². The molecule has 1 aromatic rings. The number of ether oxygens (including phenoxy) is 2. The lowest BCUT2D eigenvalue weighted by Gasteiger charge is -2.29. The molecule has 22 heavy (non-hydrogen) atoms. The number of aryl methyl sites for hydroxylation is 1. The third-order valence-electron chi connectivity index (χ3n) is 4.56. The minimum atomic E-state index is 0.128. The fourth-order valence-electron chi connectivity index (χ4n) is 3.21. The van der Waals surface area contributed by atoms with E-state index < -0.39 is 0 Å². The van der Waals surface area contributed by atoms with E-state index >= 15 is 0 Å². The van der Waals surface area contributed by atoms with Crippen molar-refractivity contribution in [3.05, 3.63) is 23.8 Å². The summed E-state index contributed by atoms with van der Waals surface area (Å²) < 4.78 is 10.7. The van der Waals surface area contributed by atoms with Crippen LogP contribution in [0.1, 0.15) is 44.6 Å². The van der Waals surface area contributed by atoms with Crippen LogP contribution in [0.25, 0.3) is 0 Å². The zero-order chi connectivity index (χ0) is 15.9. The van der Waals surface area contributed by atoms with Crippen molar-refractivity contribution >= 4 is 5.91 Å². The molecule has 0 heterocycles. The van der Waals surface area contributed by atoms with Crippen LogP contribution in [0.4, 0.5) is 0 Å². The van der Waals surface area contributed by atoms with Crippen molar-refractivity contribution in [3.8, 4) is 11.5 Å². The summed E-state index contributed by atoms with van der Waals surface area (Å²) in [5.41, 5.74) is 1.01. The molecule has 1 N–H and O–H groups in total. The van der Waals surface area contributed by atoms with E-state index in [2.05, 4.69) is 12.2 Å². The summed E-state index contributed by atoms with van der Waals surface area (Å²) in [4.78, 5) is 12.2. The lowest BCUT2D eigenvalue weighted by Crippen LogP contribution is -2.41. The van der Waals surface area contributed by atoms with Gasteiger partial charge in [-0.25, -0.2) is 0 Å². The molecule has 122 valence electrons. The Hall–Kier alpha value is -1.71. The fourth-order valence-corrected chi connectivity index (χ4v) is 3.21. The van der Waals surface area contributed by atoms with Gasteiger partial charge in [-0.05, 0) is 36.8 Å². The molecule has 0 radical (unpaired) electrons. The summed E-state index contributed by atoms with van der Waals surface area (Å²) in [6.45, 7) is 2.23. The minimum Gasteiger partial charge on any atom is -0.493 e. The predicted octanol–water partition coefficient (Wildman–Crippen LogP) is 3.33. The molecule has 0 bridgehead atoms. The number of amides is 1. The number of nitrogens with one attached hydrogen (secondary N) is 1. The molecule has 1 saturated carbocycles. The first-order valence-electron chi connectivity index (χ1n) is 8.15. The highest BCUT2D eigenvalue weighted by molar-refractivity contribution is 5.76. The van der Waals surface area contributed by atoms with E-state index in [1.54, 1.807) is 14.2 Å². The molecule has 0 saturated heterocycles. The molecule has 2 atom stereocenters. The number of carbonyl (C=O) groups is 1. The Morgan fingerprint density at radius 3 is 2.68 bits per heavy atom. The van der Waals surface area contributed by atoms with Gasteiger partial charge in [0.1, 0.15) is 0 Å². The summed E-state index contributed by atoms with van der Waals surface area (Å²) >= 11 is 0. The Labute approximate surface area is 133 Å². The predicted molar refractivity (Wildman–Crippen MR) is 87.4 cm³/mol. The van der Waals surface area contributed by atoms with Crippen LogP contribution in [0.5, 0.6) is 11.5 Å². The average molecular weight is 305 g/mol. The van der Waals surface area contributed by atoms with Crippen molar-refractivity contribution in [1.82, 2.24) is 5.32 Å². The molecule has 0 spiro atoms. The lowest BCUT2D eigenvalue weighted by atomic mass is 9.86. The summed E-state index contributed by atoms with van der Waals surface area (Å²) in [7, 11) is 3.25. The molecule has 2 rings (SSSR count). The summed E-state index contributed by atoms with van der Waals surface area (Å²) in [6, 6.07) is 6.12. The van der Waals surface area contributed by atoms with Gasteiger partial charge >= 0.3 is 0 Å². The molecule has 1 aliphatic carbocycles. The number of carbonyl (C=O) groups excluding carboxylic acids is 1. The van der Waals surface area contributed by atoms with E-state index in [0.29, 0.717) is 30.6 Å². The first-order valence-corrected chi connectivity index (χ1v) is 8.15. The second kappa shape index (κ2) is 8.06. The van der Waals surface area contributed by atoms with Crippen molar-refractivity contribution in [2.45, 2.75) is 51.5 Å². The molecular formula is C18H27NO3. The van der Waals surface area contributed by atoms with Gasteiger partial charge in [-0.15, -0.1) is 0 Å². The third-order valence-corrected chi connectivity index (χ3v) is 4.56. The van der Waals surface area contributed by atoms with Gasteiger partial charge in [0.15, 0.2) is 11.5 Å². The largest absolute Gasteiger partial charge is 0.493 e. The number of para-hydroxylation sites is 1. The van der Waals surface area contributed by atoms with E-state index in [4.69, 9.17) is 9.47 Å². The van der Waals surface area contributed by atoms with Gasteiger partial charge in [0.25, 0.3) is 0 Å². The van der Waals surface area contributed by atoms with E-state index in [9.17, 15) is 4.79 Å². The Bertz CT molecular complexity index is 501. The highest BCUT2D eigenvalue weighted by Gasteiger charge is 2.22. The Morgan fingerprint density at radius 1 is 1.23 bits per heavy atom. The number of hydrogen-bond acceptors (Lipinski definition) is 3. The molecule has 1 aromatic carbocycles. The SMILES string of the molecule is COc1cccc(CCC(=O)NC2CCCCC2C)c1OC. The van der Waals surface area contributed by atoms with Crippen molar-refractivity contribution in [3.63, 3.8) is 0 Å². The quantitative estimate of drug-likeness (QED) is 0.877. The summed E-state index contributed by atoms with van der Waals surface area (Å²) in [6.07, 6.45) is 5.97. The molecule has 4 nitrogen and oxygen atoms in total. The maximum Gasteiger partial charge on any atom is 0.220 e. The van der Waals surface area contributed by atoms with Crippen LogP contribution in [0.15, 0.2) is 18.2 Å². The molecule has 1 amide bonds. The maximum absolute atomic E-state index is 12.2. The van der Waals surface area contributed by atoms with Crippen LogP contribution in [0.3, 0.4) is 0 Å². The zero-order valence-corrected chi connectivity index (χ0v) is 13.9. The number of methoxy groups -OCH3 is 2. The normalized spacial score (nSPS) is 21.2. The van der Waals surface area contributed by atoms with Crippen molar-refractivity contribution in [1.29, 1.82) is 0 Å². The topological polar surface area (TPSA) is 47.6 Å². The summed E-state index contributed by atoms with van der Waals surface area (Å²) in [5.74, 6) is 2.15. The minimum absolute atomic E-state index is 0.128. The van der Waals surface area contributed by atoms with Crippen LogP contribution in [0, 0.1) is 5.92 Å². The second-order valence-electron chi connectivity index (χ2n) is 6.09. The molecule has 4 heteroatoms. The molecule has 0 aliphatic heterocycles. The smallest absolute Gasteiger partial charge is 0.220 e. The van der Waals surface area contributed by atoms with Gasteiger partial charge in [0.05, 0.1) is 14.2 Å². The van der Waals surface area contributed by atoms with Gasteiger partial charge in [0, 0.05) is 12.5 Å². The molecule has 1 aliphatic rings. The van der Waals surface area contributed by atoms with Gasteiger partial charge in [-0.3, -0.25) is 4.79 Å². The van der Waals surface area contributed by atoms with E-state index in [1.807, 2.05) is 18.2 Å². The fraction of sp³-hybridized carbons (Fsp3) is 0.611. The summed E-state index contributed by atoms with van der Waals surface area (Å²) in [5, 5.41) is 3.19. The van der Waals surface area contributed by atoms with Crippen LogP contribution >= 0.6 is 0 Å². The van der Waals surface area contributed by atoms with Crippen LogP contribution in [0.2, 0.25) is 0 Å². The number of hydrogen-bond donors (Lipinski definition) is 1. The van der Waals surface area contributed by atoms with Crippen LogP contribution in [-0.4, -0.2) is 26.2 Å². The first-order chi connectivity index (χ1) is 10.7. The highest BCUT2D eigenvalue weighted by atomic mass is 16.5. The Kier molecular flexibility index (Phi) is 6.10. The molecule has 2 unspecified atom stereocenters. The lowest BCUT2D eigenvalue weighted by molar-refractivity contribution is -0.122. The van der Waals surface area contributed by atoms with Crippen molar-refractivity contribution in [2.24, 2.45) is 5.92 Å². The highest BCUT2D eigenvalue weighted by Crippen LogP contribution is 2.31. The first kappa shape index (κ1) is 16.7. The van der Waals surface area contributed by atoms with Gasteiger partial charge in [-0.1, -0.05) is 31.9 Å². The van der Waals surface area contributed by atoms with Gasteiger partial charge < -0.3 is 14.8 Å². The van der Waals surface area contributed by atoms with Gasteiger partial charge in [0.2, 0.25) is 5.91 Å². The Morgan fingerprint density at radius 2 is 2.00 bits per heavy atom. The average Bonchev–Trinajstić information content (AvgIpc) is 2.54. The second-order valence-corrected chi connectivity index (χ2v) is 6.09. The zero-order valence-electron chi connectivity index (χ0n) is 13.9. The number of rotatable bonds is 6. The van der Waals surface area contributed by atoms with Crippen molar-refractivity contribution < 1.29 is 14.3 Å². The van der Waals surface area contributed by atoms with Crippen LogP contribution < -0.4 is 14.8 Å². The maximum atomic E-state index is 12.2. The number of benzene rings is 1. The van der Waals surface area contributed by atoms with E-state index in [-0.39, 0.29) is 5.91 Å².